The monoisotopic (exact) mass is 251 g/mol. The van der Waals surface area contributed by atoms with Gasteiger partial charge in [0.15, 0.2) is 6.10 Å². The Morgan fingerprint density at radius 2 is 2.17 bits per heavy atom. The Balaban J connectivity index is 2.14. The number of carbonyl (C=O) groups excluding carboxylic acids is 2. The van der Waals surface area contributed by atoms with Gasteiger partial charge in [0.05, 0.1) is 0 Å². The topological polar surface area (TPSA) is 55.4 Å². The number of hydrogen-bond acceptors (Lipinski definition) is 3. The van der Waals surface area contributed by atoms with Crippen molar-refractivity contribution in [1.29, 1.82) is 0 Å². The molecule has 0 bridgehead atoms. The van der Waals surface area contributed by atoms with E-state index >= 15 is 0 Å². The van der Waals surface area contributed by atoms with Crippen molar-refractivity contribution in [3.63, 3.8) is 0 Å². The number of carbonyl (C=O) groups is 2. The van der Waals surface area contributed by atoms with Gasteiger partial charge in [0, 0.05) is 18.2 Å². The third-order valence-electron chi connectivity index (χ3n) is 2.79. The molecule has 1 fully saturated rings. The largest absolute Gasteiger partial charge is 0.480 e. The summed E-state index contributed by atoms with van der Waals surface area (Å²) in [6.07, 6.45) is 2.31. The fraction of sp³-hybridized carbons (Fsp3) is 0.385. The summed E-state index contributed by atoms with van der Waals surface area (Å²) in [5, 5.41) is 2.73. The summed E-state index contributed by atoms with van der Waals surface area (Å²) in [6, 6.07) is 3.71. The van der Waals surface area contributed by atoms with E-state index in [1.54, 1.807) is 0 Å². The van der Waals surface area contributed by atoms with Crippen LogP contribution in [-0.4, -0.2) is 24.8 Å². The van der Waals surface area contributed by atoms with Crippen LogP contribution in [0.5, 0.6) is 5.75 Å². The van der Waals surface area contributed by atoms with Crippen molar-refractivity contribution >= 4 is 12.2 Å². The number of aldehydes is 1. The Labute approximate surface area is 104 Å². The van der Waals surface area contributed by atoms with Gasteiger partial charge in [-0.05, 0) is 31.4 Å². The normalized spacial score (nSPS) is 19.8. The van der Waals surface area contributed by atoms with Gasteiger partial charge in [-0.1, -0.05) is 0 Å². The second-order valence-electron chi connectivity index (χ2n) is 4.23. The van der Waals surface area contributed by atoms with E-state index < -0.39 is 11.9 Å². The molecule has 1 atom stereocenters. The maximum absolute atomic E-state index is 13.2. The molecular formula is C13H14FNO3. The van der Waals surface area contributed by atoms with E-state index in [0.29, 0.717) is 19.3 Å². The summed E-state index contributed by atoms with van der Waals surface area (Å²) in [5.41, 5.74) is 0.194. The molecular weight excluding hydrogens is 237 g/mol. The maximum atomic E-state index is 13.2. The lowest BCUT2D eigenvalue weighted by molar-refractivity contribution is -0.127. The number of nitrogens with one attached hydrogen (secondary N) is 1. The zero-order chi connectivity index (χ0) is 13.0. The molecule has 4 nitrogen and oxygen atoms in total. The van der Waals surface area contributed by atoms with Crippen LogP contribution >= 0.6 is 0 Å². The predicted molar refractivity (Wildman–Crippen MR) is 63.1 cm³/mol. The van der Waals surface area contributed by atoms with Crippen molar-refractivity contribution in [3.8, 4) is 5.75 Å². The van der Waals surface area contributed by atoms with Crippen LogP contribution < -0.4 is 10.1 Å². The molecule has 1 amide bonds. The number of amides is 1. The molecule has 1 aromatic rings. The highest BCUT2D eigenvalue weighted by Crippen LogP contribution is 2.19. The van der Waals surface area contributed by atoms with Gasteiger partial charge in [-0.2, -0.15) is 0 Å². The molecule has 18 heavy (non-hydrogen) atoms. The zero-order valence-corrected chi connectivity index (χ0v) is 9.82. The van der Waals surface area contributed by atoms with Crippen molar-refractivity contribution in [2.24, 2.45) is 0 Å². The van der Waals surface area contributed by atoms with Gasteiger partial charge in [-0.15, -0.1) is 0 Å². The molecule has 1 unspecified atom stereocenters. The van der Waals surface area contributed by atoms with E-state index in [2.05, 4.69) is 5.32 Å². The summed E-state index contributed by atoms with van der Waals surface area (Å²) >= 11 is 0. The number of ether oxygens (including phenoxy) is 1. The van der Waals surface area contributed by atoms with Crippen LogP contribution in [-0.2, 0) is 4.79 Å². The van der Waals surface area contributed by atoms with Gasteiger partial charge in [0.1, 0.15) is 17.9 Å². The minimum absolute atomic E-state index is 0.190. The molecule has 0 radical (unpaired) electrons. The average Bonchev–Trinajstić information content (AvgIpc) is 2.54. The molecule has 1 aliphatic rings. The molecule has 96 valence electrons. The van der Waals surface area contributed by atoms with E-state index in [-0.39, 0.29) is 17.2 Å². The van der Waals surface area contributed by atoms with Crippen LogP contribution in [0.4, 0.5) is 4.39 Å². The van der Waals surface area contributed by atoms with Crippen LogP contribution in [0, 0.1) is 5.82 Å². The molecule has 1 aliphatic heterocycles. The van der Waals surface area contributed by atoms with Crippen LogP contribution in [0.2, 0.25) is 0 Å². The van der Waals surface area contributed by atoms with Crippen molar-refractivity contribution in [1.82, 2.24) is 5.32 Å². The van der Waals surface area contributed by atoms with E-state index in [9.17, 15) is 14.0 Å². The van der Waals surface area contributed by atoms with Gasteiger partial charge < -0.3 is 10.1 Å². The highest BCUT2D eigenvalue weighted by Gasteiger charge is 2.22. The molecule has 1 N–H and O–H groups in total. The number of rotatable bonds is 3. The third-order valence-corrected chi connectivity index (χ3v) is 2.79. The Morgan fingerprint density at radius 3 is 2.94 bits per heavy atom. The molecule has 1 saturated heterocycles. The Hall–Kier alpha value is -1.91. The number of hydrogen-bond donors (Lipinski definition) is 1. The fourth-order valence-corrected chi connectivity index (χ4v) is 1.91. The highest BCUT2D eigenvalue weighted by molar-refractivity contribution is 5.81. The zero-order valence-electron chi connectivity index (χ0n) is 9.82. The van der Waals surface area contributed by atoms with Crippen LogP contribution in [0.1, 0.15) is 29.6 Å². The maximum Gasteiger partial charge on any atom is 0.261 e. The van der Waals surface area contributed by atoms with Crippen LogP contribution in [0.3, 0.4) is 0 Å². The summed E-state index contributed by atoms with van der Waals surface area (Å²) in [5.74, 6) is -0.535. The molecule has 5 heteroatoms. The first kappa shape index (κ1) is 12.5. The van der Waals surface area contributed by atoms with Gasteiger partial charge >= 0.3 is 0 Å². The standard InChI is InChI=1S/C13H14FNO3/c14-10-5-9(8-16)6-11(7-10)18-12-3-1-2-4-15-13(12)17/h5-8,12H,1-4H2,(H,15,17). The second-order valence-corrected chi connectivity index (χ2v) is 4.23. The minimum atomic E-state index is -0.617. The summed E-state index contributed by atoms with van der Waals surface area (Å²) in [7, 11) is 0. The molecule has 1 aromatic carbocycles. The lowest BCUT2D eigenvalue weighted by atomic mass is 10.1. The van der Waals surface area contributed by atoms with Crippen molar-refractivity contribution in [2.75, 3.05) is 6.54 Å². The van der Waals surface area contributed by atoms with Gasteiger partial charge in [0.25, 0.3) is 5.91 Å². The molecule has 0 aromatic heterocycles. The number of benzene rings is 1. The molecule has 0 spiro atoms. The van der Waals surface area contributed by atoms with Gasteiger partial charge in [0.2, 0.25) is 0 Å². The molecule has 0 aliphatic carbocycles. The van der Waals surface area contributed by atoms with Crippen LogP contribution in [0.25, 0.3) is 0 Å². The highest BCUT2D eigenvalue weighted by atomic mass is 19.1. The summed E-state index contributed by atoms with van der Waals surface area (Å²) in [6.45, 7) is 0.640. The van der Waals surface area contributed by atoms with E-state index in [0.717, 1.165) is 18.9 Å². The summed E-state index contributed by atoms with van der Waals surface area (Å²) in [4.78, 5) is 22.3. The SMILES string of the molecule is O=Cc1cc(F)cc(OC2CCCCNC2=O)c1. The lowest BCUT2D eigenvalue weighted by Gasteiger charge is -2.16. The van der Waals surface area contributed by atoms with Gasteiger partial charge in [-0.25, -0.2) is 4.39 Å². The smallest absolute Gasteiger partial charge is 0.261 e. The van der Waals surface area contributed by atoms with E-state index in [1.807, 2.05) is 0 Å². The van der Waals surface area contributed by atoms with Gasteiger partial charge in [-0.3, -0.25) is 9.59 Å². The van der Waals surface area contributed by atoms with E-state index in [1.165, 1.54) is 12.1 Å². The fourth-order valence-electron chi connectivity index (χ4n) is 1.91. The first-order valence-electron chi connectivity index (χ1n) is 5.89. The van der Waals surface area contributed by atoms with Crippen molar-refractivity contribution in [2.45, 2.75) is 25.4 Å². The Kier molecular flexibility index (Phi) is 3.92. The molecule has 0 saturated carbocycles. The average molecular weight is 251 g/mol. The molecule has 2 rings (SSSR count). The first-order chi connectivity index (χ1) is 8.69. The Morgan fingerprint density at radius 1 is 1.33 bits per heavy atom. The van der Waals surface area contributed by atoms with Crippen molar-refractivity contribution < 1.29 is 18.7 Å². The quantitative estimate of drug-likeness (QED) is 0.832. The first-order valence-corrected chi connectivity index (χ1v) is 5.89. The van der Waals surface area contributed by atoms with E-state index in [4.69, 9.17) is 4.74 Å². The lowest BCUT2D eigenvalue weighted by Crippen LogP contribution is -2.36. The summed E-state index contributed by atoms with van der Waals surface area (Å²) < 4.78 is 18.7. The predicted octanol–water partition coefficient (Wildman–Crippen LogP) is 1.69. The minimum Gasteiger partial charge on any atom is -0.480 e. The second kappa shape index (κ2) is 5.62. The molecule has 1 heterocycles. The Bertz CT molecular complexity index is 462. The van der Waals surface area contributed by atoms with Crippen molar-refractivity contribution in [3.05, 3.63) is 29.6 Å². The van der Waals surface area contributed by atoms with Crippen LogP contribution in [0.15, 0.2) is 18.2 Å². The third kappa shape index (κ3) is 3.06. The number of halogens is 1.